The van der Waals surface area contributed by atoms with Gasteiger partial charge in [0.1, 0.15) is 10.8 Å². The van der Waals surface area contributed by atoms with Gasteiger partial charge in [-0.2, -0.15) is 0 Å². The zero-order valence-electron chi connectivity index (χ0n) is 10.2. The van der Waals surface area contributed by atoms with Gasteiger partial charge in [-0.05, 0) is 6.07 Å². The first-order chi connectivity index (χ1) is 8.33. The Morgan fingerprint density at radius 3 is 2.39 bits per heavy atom. The molecular formula is C11H16Cl2N2O3. The number of aliphatic hydroxyl groups is 2. The Labute approximate surface area is 115 Å². The number of nitrogens with zero attached hydrogens (tertiary/aromatic N) is 1. The smallest absolute Gasteiger partial charge is 0.270 e. The first-order valence-corrected chi connectivity index (χ1v) is 6.10. The lowest BCUT2D eigenvalue weighted by atomic mass is 9.92. The number of nitrogens with one attached hydrogen (secondary N) is 1. The number of halogens is 2. The highest BCUT2D eigenvalue weighted by Crippen LogP contribution is 2.23. The monoisotopic (exact) mass is 294 g/mol. The average Bonchev–Trinajstić information content (AvgIpc) is 2.68. The molecule has 0 aliphatic heterocycles. The number of carbonyl (C=O) groups excluding carboxylic acids is 1. The summed E-state index contributed by atoms with van der Waals surface area (Å²) in [5.74, 6) is -0.308. The van der Waals surface area contributed by atoms with Crippen molar-refractivity contribution < 1.29 is 15.0 Å². The zero-order valence-corrected chi connectivity index (χ0v) is 11.7. The van der Waals surface area contributed by atoms with Crippen LogP contribution in [0.3, 0.4) is 0 Å². The van der Waals surface area contributed by atoms with Crippen molar-refractivity contribution in [3.8, 4) is 0 Å². The van der Waals surface area contributed by atoms with Crippen LogP contribution in [0.5, 0.6) is 0 Å². The fourth-order valence-corrected chi connectivity index (χ4v) is 1.83. The minimum Gasteiger partial charge on any atom is -0.396 e. The highest BCUT2D eigenvalue weighted by atomic mass is 35.5. The summed E-state index contributed by atoms with van der Waals surface area (Å²) in [6, 6.07) is 1.44. The van der Waals surface area contributed by atoms with Crippen LogP contribution in [-0.2, 0) is 0 Å². The molecule has 0 unspecified atom stereocenters. The molecular weight excluding hydrogens is 279 g/mol. The van der Waals surface area contributed by atoms with Crippen molar-refractivity contribution in [1.82, 2.24) is 9.88 Å². The van der Waals surface area contributed by atoms with Gasteiger partial charge in [0.05, 0.1) is 18.2 Å². The lowest BCUT2D eigenvalue weighted by Crippen LogP contribution is -2.41. The van der Waals surface area contributed by atoms with Crippen LogP contribution in [0.2, 0.25) is 10.2 Å². The molecule has 18 heavy (non-hydrogen) atoms. The van der Waals surface area contributed by atoms with Crippen molar-refractivity contribution in [2.24, 2.45) is 5.41 Å². The van der Waals surface area contributed by atoms with Crippen LogP contribution < -0.4 is 0 Å². The van der Waals surface area contributed by atoms with Gasteiger partial charge in [0.2, 0.25) is 0 Å². The Kier molecular flexibility index (Phi) is 5.04. The maximum absolute atomic E-state index is 12.0. The summed E-state index contributed by atoms with van der Waals surface area (Å²) in [5, 5.41) is 18.9. The predicted molar refractivity (Wildman–Crippen MR) is 70.1 cm³/mol. The number of aliphatic hydroxyl groups excluding tert-OH is 2. The van der Waals surface area contributed by atoms with Gasteiger partial charge in [-0.25, -0.2) is 0 Å². The van der Waals surface area contributed by atoms with E-state index >= 15 is 0 Å². The van der Waals surface area contributed by atoms with Crippen LogP contribution >= 0.6 is 23.2 Å². The highest BCUT2D eigenvalue weighted by Gasteiger charge is 2.27. The van der Waals surface area contributed by atoms with Crippen molar-refractivity contribution in [2.45, 2.75) is 6.92 Å². The van der Waals surface area contributed by atoms with Gasteiger partial charge in [0, 0.05) is 19.0 Å². The van der Waals surface area contributed by atoms with Crippen LogP contribution in [0, 0.1) is 5.41 Å². The Hall–Kier alpha value is -0.750. The van der Waals surface area contributed by atoms with Crippen LogP contribution in [0.15, 0.2) is 6.07 Å². The quantitative estimate of drug-likeness (QED) is 0.768. The van der Waals surface area contributed by atoms with Crippen molar-refractivity contribution >= 4 is 29.1 Å². The standard InChI is InChI=1S/C11H16Cl2N2O3/c1-11(5-16,6-17)4-15(2)10(18)8-3-7(12)9(13)14-8/h3,14,16-17H,4-6H2,1-2H3. The van der Waals surface area contributed by atoms with E-state index in [1.807, 2.05) is 0 Å². The van der Waals surface area contributed by atoms with E-state index in [2.05, 4.69) is 4.98 Å². The van der Waals surface area contributed by atoms with E-state index in [1.165, 1.54) is 11.0 Å². The molecule has 0 saturated carbocycles. The molecule has 1 aromatic heterocycles. The van der Waals surface area contributed by atoms with Gasteiger partial charge in [-0.15, -0.1) is 0 Å². The zero-order chi connectivity index (χ0) is 13.9. The molecule has 0 aliphatic rings. The third-order valence-electron chi connectivity index (χ3n) is 2.68. The summed E-state index contributed by atoms with van der Waals surface area (Å²) in [6.45, 7) is 1.47. The highest BCUT2D eigenvalue weighted by molar-refractivity contribution is 6.41. The van der Waals surface area contributed by atoms with Crippen molar-refractivity contribution in [3.63, 3.8) is 0 Å². The van der Waals surface area contributed by atoms with E-state index in [9.17, 15) is 15.0 Å². The fourth-order valence-electron chi connectivity index (χ4n) is 1.52. The Balaban J connectivity index is 2.78. The van der Waals surface area contributed by atoms with Gasteiger partial charge in [-0.3, -0.25) is 4.79 Å². The van der Waals surface area contributed by atoms with Gasteiger partial charge < -0.3 is 20.1 Å². The van der Waals surface area contributed by atoms with Crippen LogP contribution in [0.1, 0.15) is 17.4 Å². The van der Waals surface area contributed by atoms with Crippen molar-refractivity contribution in [1.29, 1.82) is 0 Å². The molecule has 102 valence electrons. The van der Waals surface area contributed by atoms with Gasteiger partial charge in [0.15, 0.2) is 0 Å². The second kappa shape index (κ2) is 5.93. The molecule has 3 N–H and O–H groups in total. The number of carbonyl (C=O) groups is 1. The third kappa shape index (κ3) is 3.38. The summed E-state index contributed by atoms with van der Waals surface area (Å²) in [6.07, 6.45) is 0. The topological polar surface area (TPSA) is 76.6 Å². The number of rotatable bonds is 5. The summed E-state index contributed by atoms with van der Waals surface area (Å²) in [7, 11) is 1.58. The average molecular weight is 295 g/mol. The van der Waals surface area contributed by atoms with Crippen molar-refractivity contribution in [2.75, 3.05) is 26.8 Å². The molecule has 1 heterocycles. The first-order valence-electron chi connectivity index (χ1n) is 5.34. The fraction of sp³-hybridized carbons (Fsp3) is 0.545. The Morgan fingerprint density at radius 1 is 1.44 bits per heavy atom. The number of H-pyrrole nitrogens is 1. The van der Waals surface area contributed by atoms with Gasteiger partial charge in [0.25, 0.3) is 5.91 Å². The van der Waals surface area contributed by atoms with Crippen LogP contribution in [0.25, 0.3) is 0 Å². The van der Waals surface area contributed by atoms with E-state index in [-0.39, 0.29) is 41.5 Å². The van der Waals surface area contributed by atoms with E-state index in [0.717, 1.165) is 0 Å². The maximum atomic E-state index is 12.0. The second-order valence-corrected chi connectivity index (χ2v) is 5.42. The number of aromatic amines is 1. The summed E-state index contributed by atoms with van der Waals surface area (Å²) < 4.78 is 0. The van der Waals surface area contributed by atoms with E-state index in [4.69, 9.17) is 23.2 Å². The molecule has 7 heteroatoms. The van der Waals surface area contributed by atoms with Gasteiger partial charge >= 0.3 is 0 Å². The molecule has 0 radical (unpaired) electrons. The predicted octanol–water partition coefficient (Wildman–Crippen LogP) is 1.38. The molecule has 5 nitrogen and oxygen atoms in total. The molecule has 1 rings (SSSR count). The number of hydrogen-bond acceptors (Lipinski definition) is 3. The molecule has 0 atom stereocenters. The van der Waals surface area contributed by atoms with Crippen LogP contribution in [0.4, 0.5) is 0 Å². The second-order valence-electron chi connectivity index (χ2n) is 4.63. The summed E-state index contributed by atoms with van der Waals surface area (Å²) >= 11 is 11.5. The molecule has 0 spiro atoms. The SMILES string of the molecule is CN(CC(C)(CO)CO)C(=O)c1cc(Cl)c(Cl)[nH]1. The summed E-state index contributed by atoms with van der Waals surface area (Å²) in [5.41, 5.74) is -0.476. The summed E-state index contributed by atoms with van der Waals surface area (Å²) in [4.78, 5) is 16.1. The molecule has 1 amide bonds. The molecule has 0 aliphatic carbocycles. The van der Waals surface area contributed by atoms with Crippen molar-refractivity contribution in [3.05, 3.63) is 21.9 Å². The third-order valence-corrected chi connectivity index (χ3v) is 3.38. The van der Waals surface area contributed by atoms with E-state index in [1.54, 1.807) is 14.0 Å². The minimum atomic E-state index is -0.745. The largest absolute Gasteiger partial charge is 0.396 e. The normalized spacial score (nSPS) is 11.7. The van der Waals surface area contributed by atoms with Crippen LogP contribution in [-0.4, -0.2) is 52.8 Å². The molecule has 1 aromatic rings. The Bertz CT molecular complexity index is 410. The number of hydrogen-bond donors (Lipinski definition) is 3. The lowest BCUT2D eigenvalue weighted by Gasteiger charge is -2.30. The molecule has 0 aromatic carbocycles. The van der Waals surface area contributed by atoms with Gasteiger partial charge in [-0.1, -0.05) is 30.1 Å². The Morgan fingerprint density at radius 2 is 2.00 bits per heavy atom. The molecule has 0 bridgehead atoms. The van der Waals surface area contributed by atoms with E-state index in [0.29, 0.717) is 0 Å². The number of aromatic nitrogens is 1. The minimum absolute atomic E-state index is 0.209. The van der Waals surface area contributed by atoms with E-state index < -0.39 is 5.41 Å². The molecule has 0 fully saturated rings. The number of amides is 1. The molecule has 0 saturated heterocycles. The first kappa shape index (κ1) is 15.3. The lowest BCUT2D eigenvalue weighted by molar-refractivity contribution is 0.0364. The maximum Gasteiger partial charge on any atom is 0.270 e.